The average Bonchev–Trinajstić information content (AvgIpc) is 2.40. The van der Waals surface area contributed by atoms with E-state index in [0.29, 0.717) is 17.1 Å². The van der Waals surface area contributed by atoms with Crippen molar-refractivity contribution in [2.45, 2.75) is 6.92 Å². The van der Waals surface area contributed by atoms with Crippen LogP contribution in [0.25, 0.3) is 0 Å². The first-order valence-corrected chi connectivity index (χ1v) is 6.66. The molecule has 2 rings (SSSR count). The summed E-state index contributed by atoms with van der Waals surface area (Å²) in [5.74, 6) is 0.993. The number of aryl methyl sites for hydroxylation is 1. The molecule has 0 unspecified atom stereocenters. The van der Waals surface area contributed by atoms with Gasteiger partial charge < -0.3 is 14.6 Å². The molecule has 2 aromatic carbocycles. The Balaban J connectivity index is 2.26. The van der Waals surface area contributed by atoms with Gasteiger partial charge in [-0.05, 0) is 64.8 Å². The Morgan fingerprint density at radius 2 is 1.85 bits per heavy atom. The Labute approximate surface area is 125 Å². The van der Waals surface area contributed by atoms with Crippen LogP contribution in [-0.2, 0) is 0 Å². The van der Waals surface area contributed by atoms with Crippen LogP contribution < -0.4 is 9.47 Å². The second-order valence-corrected chi connectivity index (χ2v) is 5.03. The maximum atomic E-state index is 11.0. The van der Waals surface area contributed by atoms with Gasteiger partial charge in [0.1, 0.15) is 17.2 Å². The zero-order chi connectivity index (χ0) is 14.7. The summed E-state index contributed by atoms with van der Waals surface area (Å²) < 4.78 is 11.6. The van der Waals surface area contributed by atoms with Crippen molar-refractivity contribution in [3.63, 3.8) is 0 Å². The molecule has 0 fully saturated rings. The third-order valence-electron chi connectivity index (χ3n) is 2.80. The topological polar surface area (TPSA) is 55.8 Å². The molecule has 4 nitrogen and oxygen atoms in total. The van der Waals surface area contributed by atoms with Crippen LogP contribution in [0.15, 0.2) is 40.9 Å². The van der Waals surface area contributed by atoms with Gasteiger partial charge in [0.05, 0.1) is 17.1 Å². The van der Waals surface area contributed by atoms with Crippen LogP contribution in [0.4, 0.5) is 0 Å². The fraction of sp³-hybridized carbons (Fsp3) is 0.133. The molecule has 0 bridgehead atoms. The van der Waals surface area contributed by atoms with Crippen LogP contribution in [0.2, 0.25) is 0 Å². The first kappa shape index (κ1) is 14.4. The van der Waals surface area contributed by atoms with Crippen molar-refractivity contribution in [1.29, 1.82) is 0 Å². The summed E-state index contributed by atoms with van der Waals surface area (Å²) in [6.07, 6.45) is 0. The van der Waals surface area contributed by atoms with Crippen LogP contribution in [0.1, 0.15) is 15.9 Å². The molecule has 0 saturated carbocycles. The highest BCUT2D eigenvalue weighted by Crippen LogP contribution is 2.33. The van der Waals surface area contributed by atoms with E-state index < -0.39 is 5.97 Å². The number of rotatable bonds is 4. The number of carboxylic acids is 1. The van der Waals surface area contributed by atoms with E-state index >= 15 is 0 Å². The summed E-state index contributed by atoms with van der Waals surface area (Å²) in [7, 11) is 1.59. The minimum atomic E-state index is -0.945. The summed E-state index contributed by atoms with van der Waals surface area (Å²) in [6, 6.07) is 10.2. The maximum absolute atomic E-state index is 11.0. The largest absolute Gasteiger partial charge is 0.497 e. The van der Waals surface area contributed by atoms with Gasteiger partial charge in [0.25, 0.3) is 0 Å². The van der Waals surface area contributed by atoms with E-state index in [1.807, 2.05) is 0 Å². The normalized spacial score (nSPS) is 10.2. The van der Waals surface area contributed by atoms with Gasteiger partial charge in [-0.15, -0.1) is 0 Å². The Kier molecular flexibility index (Phi) is 4.29. The van der Waals surface area contributed by atoms with Crippen molar-refractivity contribution in [2.75, 3.05) is 7.11 Å². The van der Waals surface area contributed by atoms with Gasteiger partial charge in [-0.2, -0.15) is 0 Å². The molecule has 0 aliphatic rings. The van der Waals surface area contributed by atoms with E-state index in [2.05, 4.69) is 15.9 Å². The molecule has 0 heterocycles. The fourth-order valence-corrected chi connectivity index (χ4v) is 2.20. The molecule has 0 aliphatic carbocycles. The molecule has 5 heteroatoms. The van der Waals surface area contributed by atoms with E-state index in [0.717, 1.165) is 10.2 Å². The number of halogens is 1. The lowest BCUT2D eigenvalue weighted by Crippen LogP contribution is -1.99. The molecule has 0 amide bonds. The predicted octanol–water partition coefficient (Wildman–Crippen LogP) is 4.26. The summed E-state index contributed by atoms with van der Waals surface area (Å²) in [5.41, 5.74) is 0.922. The second kappa shape index (κ2) is 5.96. The van der Waals surface area contributed by atoms with Crippen molar-refractivity contribution in [2.24, 2.45) is 0 Å². The van der Waals surface area contributed by atoms with Gasteiger partial charge in [0.2, 0.25) is 0 Å². The third kappa shape index (κ3) is 3.11. The van der Waals surface area contributed by atoms with Crippen LogP contribution >= 0.6 is 15.9 Å². The zero-order valence-corrected chi connectivity index (χ0v) is 12.6. The standard InChI is InChI=1S/C15H13BrO4/c1-9-7-11(3-5-12(9)15(17)18)20-14-6-4-10(19-2)8-13(14)16/h3-8H,1-2H3,(H,17,18). The molecule has 1 N–H and O–H groups in total. The number of ether oxygens (including phenoxy) is 2. The number of benzene rings is 2. The van der Waals surface area contributed by atoms with Crippen molar-refractivity contribution in [3.05, 3.63) is 52.0 Å². The molecule has 0 saturated heterocycles. The minimum absolute atomic E-state index is 0.270. The highest BCUT2D eigenvalue weighted by Gasteiger charge is 2.09. The number of carbonyl (C=O) groups is 1. The molecule has 2 aromatic rings. The van der Waals surface area contributed by atoms with Gasteiger partial charge in [-0.3, -0.25) is 0 Å². The lowest BCUT2D eigenvalue weighted by atomic mass is 10.1. The highest BCUT2D eigenvalue weighted by molar-refractivity contribution is 9.10. The van der Waals surface area contributed by atoms with Crippen molar-refractivity contribution in [3.8, 4) is 17.2 Å². The Morgan fingerprint density at radius 3 is 2.40 bits per heavy atom. The van der Waals surface area contributed by atoms with Crippen molar-refractivity contribution >= 4 is 21.9 Å². The monoisotopic (exact) mass is 336 g/mol. The molecule has 0 aliphatic heterocycles. The van der Waals surface area contributed by atoms with Crippen LogP contribution in [0, 0.1) is 6.92 Å². The van der Waals surface area contributed by atoms with Crippen LogP contribution in [0.5, 0.6) is 17.2 Å². The second-order valence-electron chi connectivity index (χ2n) is 4.18. The molecule has 20 heavy (non-hydrogen) atoms. The molecule has 0 aromatic heterocycles. The van der Waals surface area contributed by atoms with E-state index in [9.17, 15) is 4.79 Å². The van der Waals surface area contributed by atoms with Crippen LogP contribution in [-0.4, -0.2) is 18.2 Å². The molecule has 0 radical (unpaired) electrons. The molecule has 104 valence electrons. The van der Waals surface area contributed by atoms with E-state index in [4.69, 9.17) is 14.6 Å². The Morgan fingerprint density at radius 1 is 1.15 bits per heavy atom. The Bertz CT molecular complexity index is 652. The molecule has 0 atom stereocenters. The number of carboxylic acid groups (broad SMARTS) is 1. The van der Waals surface area contributed by atoms with Gasteiger partial charge in [0.15, 0.2) is 0 Å². The van der Waals surface area contributed by atoms with Gasteiger partial charge >= 0.3 is 5.97 Å². The smallest absolute Gasteiger partial charge is 0.335 e. The minimum Gasteiger partial charge on any atom is -0.497 e. The fourth-order valence-electron chi connectivity index (χ4n) is 1.76. The lowest BCUT2D eigenvalue weighted by Gasteiger charge is -2.10. The quantitative estimate of drug-likeness (QED) is 0.906. The van der Waals surface area contributed by atoms with E-state index in [-0.39, 0.29) is 5.56 Å². The molecule has 0 spiro atoms. The third-order valence-corrected chi connectivity index (χ3v) is 3.41. The van der Waals surface area contributed by atoms with E-state index in [1.54, 1.807) is 44.4 Å². The summed E-state index contributed by atoms with van der Waals surface area (Å²) in [5, 5.41) is 8.99. The van der Waals surface area contributed by atoms with Gasteiger partial charge in [-0.1, -0.05) is 0 Å². The summed E-state index contributed by atoms with van der Waals surface area (Å²) in [6.45, 7) is 1.74. The van der Waals surface area contributed by atoms with Crippen molar-refractivity contribution in [1.82, 2.24) is 0 Å². The Hall–Kier alpha value is -2.01. The van der Waals surface area contributed by atoms with Crippen LogP contribution in [0.3, 0.4) is 0 Å². The predicted molar refractivity (Wildman–Crippen MR) is 78.9 cm³/mol. The summed E-state index contributed by atoms with van der Waals surface area (Å²) >= 11 is 3.40. The molecular weight excluding hydrogens is 324 g/mol. The number of hydrogen-bond acceptors (Lipinski definition) is 3. The summed E-state index contributed by atoms with van der Waals surface area (Å²) in [4.78, 5) is 11.0. The molecular formula is C15H13BrO4. The highest BCUT2D eigenvalue weighted by atomic mass is 79.9. The number of aromatic carboxylic acids is 1. The lowest BCUT2D eigenvalue weighted by molar-refractivity contribution is 0.0696. The van der Waals surface area contributed by atoms with Gasteiger partial charge in [-0.25, -0.2) is 4.79 Å². The maximum Gasteiger partial charge on any atom is 0.335 e. The number of hydrogen-bond donors (Lipinski definition) is 1. The van der Waals surface area contributed by atoms with Gasteiger partial charge in [0, 0.05) is 0 Å². The van der Waals surface area contributed by atoms with E-state index in [1.165, 1.54) is 6.07 Å². The SMILES string of the molecule is COc1ccc(Oc2ccc(C(=O)O)c(C)c2)c(Br)c1. The number of methoxy groups -OCH3 is 1. The first-order valence-electron chi connectivity index (χ1n) is 5.86. The zero-order valence-electron chi connectivity index (χ0n) is 11.0. The first-order chi connectivity index (χ1) is 9.51. The van der Waals surface area contributed by atoms with Crippen molar-refractivity contribution < 1.29 is 19.4 Å². The average molecular weight is 337 g/mol.